The molecule has 0 radical (unpaired) electrons. The molecule has 4 rings (SSSR count). The molecule has 1 N–H and O–H groups in total. The second-order valence-corrected chi connectivity index (χ2v) is 6.59. The summed E-state index contributed by atoms with van der Waals surface area (Å²) in [6.07, 6.45) is 0. The average molecular weight is 356 g/mol. The lowest BCUT2D eigenvalue weighted by atomic mass is 10.1. The highest BCUT2D eigenvalue weighted by Crippen LogP contribution is 2.24. The third kappa shape index (κ3) is 3.77. The lowest BCUT2D eigenvalue weighted by Crippen LogP contribution is -2.75. The van der Waals surface area contributed by atoms with Crippen molar-refractivity contribution in [2.75, 3.05) is 7.11 Å². The van der Waals surface area contributed by atoms with Crippen molar-refractivity contribution in [2.45, 2.75) is 13.5 Å². The van der Waals surface area contributed by atoms with Crippen LogP contribution in [0, 0.1) is 6.92 Å². The van der Waals surface area contributed by atoms with Crippen molar-refractivity contribution in [3.8, 4) is 17.1 Å². The minimum Gasteiger partial charge on any atom is -0.497 e. The summed E-state index contributed by atoms with van der Waals surface area (Å²) < 4.78 is 11.4. The van der Waals surface area contributed by atoms with Gasteiger partial charge in [-0.1, -0.05) is 42.0 Å². The second kappa shape index (κ2) is 7.50. The Labute approximate surface area is 158 Å². The number of nitrogens with one attached hydrogen (secondary N) is 1. The molecule has 3 nitrogen and oxygen atoms in total. The van der Waals surface area contributed by atoms with Gasteiger partial charge in [0, 0.05) is 11.1 Å². The highest BCUT2D eigenvalue weighted by molar-refractivity contribution is 5.78. The van der Waals surface area contributed by atoms with Gasteiger partial charge < -0.3 is 9.15 Å². The second-order valence-electron chi connectivity index (χ2n) is 6.59. The van der Waals surface area contributed by atoms with E-state index in [1.165, 1.54) is 11.1 Å². The lowest BCUT2D eigenvalue weighted by molar-refractivity contribution is -0.516. The molecule has 0 saturated heterocycles. The van der Waals surface area contributed by atoms with Crippen LogP contribution < -0.4 is 15.1 Å². The van der Waals surface area contributed by atoms with Crippen molar-refractivity contribution in [3.63, 3.8) is 0 Å². The summed E-state index contributed by atoms with van der Waals surface area (Å²) in [6.45, 7) is 2.85. The molecule has 4 aromatic rings. The van der Waals surface area contributed by atoms with Crippen LogP contribution in [0.4, 0.5) is 0 Å². The molecule has 1 heterocycles. The predicted molar refractivity (Wildman–Crippen MR) is 107 cm³/mol. The van der Waals surface area contributed by atoms with E-state index >= 15 is 0 Å². The quantitative estimate of drug-likeness (QED) is 0.607. The van der Waals surface area contributed by atoms with E-state index in [0.29, 0.717) is 0 Å². The molecule has 134 valence electrons. The van der Waals surface area contributed by atoms with Gasteiger partial charge in [0.1, 0.15) is 17.1 Å². The van der Waals surface area contributed by atoms with Crippen molar-refractivity contribution in [2.24, 2.45) is 0 Å². The fraction of sp³-hybridized carbons (Fsp3) is 0.125. The zero-order chi connectivity index (χ0) is 18.6. The molecule has 3 aromatic carbocycles. The SMILES string of the molecule is COc1ccc(-c2cc(=[NH+]Cc3ccccc3)c3cc(C)ccc3o2)cc1. The third-order valence-electron chi connectivity index (χ3n) is 4.62. The van der Waals surface area contributed by atoms with Gasteiger partial charge in [0.15, 0.2) is 6.54 Å². The van der Waals surface area contributed by atoms with Gasteiger partial charge in [-0.2, -0.15) is 0 Å². The van der Waals surface area contributed by atoms with Crippen molar-refractivity contribution >= 4 is 11.0 Å². The molecule has 0 atom stereocenters. The molecular formula is C24H22NO2+. The highest BCUT2D eigenvalue weighted by Gasteiger charge is 2.09. The summed E-state index contributed by atoms with van der Waals surface area (Å²) in [4.78, 5) is 3.58. The van der Waals surface area contributed by atoms with E-state index < -0.39 is 0 Å². The Kier molecular flexibility index (Phi) is 4.75. The van der Waals surface area contributed by atoms with Gasteiger partial charge in [-0.05, 0) is 43.3 Å². The van der Waals surface area contributed by atoms with E-state index in [9.17, 15) is 0 Å². The number of aryl methyl sites for hydroxylation is 1. The van der Waals surface area contributed by atoms with Crippen LogP contribution in [0.1, 0.15) is 11.1 Å². The van der Waals surface area contributed by atoms with Crippen LogP contribution in [0.25, 0.3) is 22.3 Å². The maximum Gasteiger partial charge on any atom is 0.213 e. The van der Waals surface area contributed by atoms with Gasteiger partial charge in [-0.3, -0.25) is 0 Å². The van der Waals surface area contributed by atoms with Crippen molar-refractivity contribution < 1.29 is 14.1 Å². The lowest BCUT2D eigenvalue weighted by Gasteiger charge is -2.05. The smallest absolute Gasteiger partial charge is 0.213 e. The first-order chi connectivity index (χ1) is 13.2. The highest BCUT2D eigenvalue weighted by atomic mass is 16.5. The summed E-state index contributed by atoms with van der Waals surface area (Å²) in [5.74, 6) is 1.65. The molecule has 1 aromatic heterocycles. The molecular weight excluding hydrogens is 334 g/mol. The minimum absolute atomic E-state index is 0.760. The normalized spacial score (nSPS) is 11.7. The summed E-state index contributed by atoms with van der Waals surface area (Å²) >= 11 is 0. The van der Waals surface area contributed by atoms with E-state index in [1.54, 1.807) is 7.11 Å². The van der Waals surface area contributed by atoms with Gasteiger partial charge in [-0.15, -0.1) is 0 Å². The van der Waals surface area contributed by atoms with Crippen molar-refractivity contribution in [3.05, 3.63) is 95.3 Å². The number of fused-ring (bicyclic) bond motifs is 1. The maximum atomic E-state index is 6.19. The standard InChI is InChI=1S/C24H21NO2/c1-17-8-13-23-21(14-17)22(25-16-18-6-4-3-5-7-18)15-24(27-23)19-9-11-20(26-2)12-10-19/h3-15H,16H2,1-2H3/p+1. The zero-order valence-electron chi connectivity index (χ0n) is 15.5. The number of rotatable bonds is 4. The number of hydrogen-bond acceptors (Lipinski definition) is 2. The first kappa shape index (κ1) is 17.1. The minimum atomic E-state index is 0.760. The number of ether oxygens (including phenoxy) is 1. The molecule has 0 amide bonds. The Morgan fingerprint density at radius 1 is 0.889 bits per heavy atom. The Morgan fingerprint density at radius 3 is 2.41 bits per heavy atom. The van der Waals surface area contributed by atoms with E-state index in [0.717, 1.165) is 39.9 Å². The summed E-state index contributed by atoms with van der Waals surface area (Å²) in [5.41, 5.74) is 4.33. The topological polar surface area (TPSA) is 36.3 Å². The Balaban J connectivity index is 1.85. The van der Waals surface area contributed by atoms with Crippen LogP contribution in [-0.4, -0.2) is 7.11 Å². The summed E-state index contributed by atoms with van der Waals surface area (Å²) in [7, 11) is 1.67. The van der Waals surface area contributed by atoms with Crippen LogP contribution in [0.5, 0.6) is 5.75 Å². The Bertz CT molecular complexity index is 1130. The largest absolute Gasteiger partial charge is 0.497 e. The first-order valence-electron chi connectivity index (χ1n) is 9.03. The van der Waals surface area contributed by atoms with E-state index in [1.807, 2.05) is 36.4 Å². The van der Waals surface area contributed by atoms with Gasteiger partial charge in [-0.25, -0.2) is 4.99 Å². The van der Waals surface area contributed by atoms with Crippen LogP contribution >= 0.6 is 0 Å². The van der Waals surface area contributed by atoms with Crippen molar-refractivity contribution in [1.82, 2.24) is 0 Å². The molecule has 3 heteroatoms. The monoisotopic (exact) mass is 356 g/mol. The van der Waals surface area contributed by atoms with Crippen LogP contribution in [0.3, 0.4) is 0 Å². The third-order valence-corrected chi connectivity index (χ3v) is 4.62. The van der Waals surface area contributed by atoms with E-state index in [4.69, 9.17) is 9.15 Å². The molecule has 0 spiro atoms. The van der Waals surface area contributed by atoms with Crippen LogP contribution in [0.2, 0.25) is 0 Å². The van der Waals surface area contributed by atoms with Gasteiger partial charge in [0.05, 0.1) is 18.6 Å². The molecule has 0 aliphatic rings. The molecule has 0 fully saturated rings. The van der Waals surface area contributed by atoms with Gasteiger partial charge in [0.2, 0.25) is 5.36 Å². The maximum absolute atomic E-state index is 6.19. The Morgan fingerprint density at radius 2 is 1.67 bits per heavy atom. The molecule has 0 aliphatic carbocycles. The van der Waals surface area contributed by atoms with Crippen LogP contribution in [-0.2, 0) is 6.54 Å². The van der Waals surface area contributed by atoms with Gasteiger partial charge in [0.25, 0.3) is 0 Å². The predicted octanol–water partition coefficient (Wildman–Crippen LogP) is 3.60. The van der Waals surface area contributed by atoms with Gasteiger partial charge >= 0.3 is 0 Å². The molecule has 27 heavy (non-hydrogen) atoms. The zero-order valence-corrected chi connectivity index (χ0v) is 15.5. The van der Waals surface area contributed by atoms with E-state index in [-0.39, 0.29) is 0 Å². The fourth-order valence-corrected chi connectivity index (χ4v) is 3.14. The number of benzene rings is 3. The molecule has 0 aliphatic heterocycles. The first-order valence-corrected chi connectivity index (χ1v) is 9.03. The molecule has 0 bridgehead atoms. The fourth-order valence-electron chi connectivity index (χ4n) is 3.14. The van der Waals surface area contributed by atoms with E-state index in [2.05, 4.69) is 54.4 Å². The van der Waals surface area contributed by atoms with Crippen LogP contribution in [0.15, 0.2) is 83.3 Å². The summed E-state index contributed by atoms with van der Waals surface area (Å²) in [5, 5.41) is 2.15. The number of hydrogen-bond donors (Lipinski definition) is 1. The Hall–Kier alpha value is -3.33. The number of methoxy groups -OCH3 is 1. The average Bonchev–Trinajstić information content (AvgIpc) is 2.73. The molecule has 0 unspecified atom stereocenters. The molecule has 0 saturated carbocycles. The summed E-state index contributed by atoms with van der Waals surface area (Å²) in [6, 6.07) is 26.7. The van der Waals surface area contributed by atoms with Crippen molar-refractivity contribution in [1.29, 1.82) is 0 Å².